The number of hydrogen-bond acceptors (Lipinski definition) is 3. The van der Waals surface area contributed by atoms with E-state index in [1.54, 1.807) is 0 Å². The molecule has 1 rings (SSSR count). The molecule has 1 heterocycles. The van der Waals surface area contributed by atoms with Gasteiger partial charge in [0.05, 0.1) is 12.3 Å². The number of nitrogens with zero attached hydrogens (tertiary/aromatic N) is 1. The summed E-state index contributed by atoms with van der Waals surface area (Å²) in [4.78, 5) is 4.28. The number of hydrogen-bond donors (Lipinski definition) is 1. The summed E-state index contributed by atoms with van der Waals surface area (Å²) < 4.78 is 0. The van der Waals surface area contributed by atoms with Crippen LogP contribution < -0.4 is 0 Å². The van der Waals surface area contributed by atoms with Gasteiger partial charge in [0.25, 0.3) is 0 Å². The largest absolute Gasteiger partial charge is 0.389 e. The third kappa shape index (κ3) is 2.91. The third-order valence-corrected chi connectivity index (χ3v) is 2.33. The van der Waals surface area contributed by atoms with Crippen molar-refractivity contribution in [3.8, 4) is 0 Å². The fourth-order valence-corrected chi connectivity index (χ4v) is 1.70. The van der Waals surface area contributed by atoms with Gasteiger partial charge in [-0.05, 0) is 11.8 Å². The highest BCUT2D eigenvalue weighted by molar-refractivity contribution is 7.09. The molecule has 0 aliphatic carbocycles. The fraction of sp³-hybridized carbons (Fsp3) is 0.667. The molecular formula is C9H15NOS. The van der Waals surface area contributed by atoms with Crippen LogP contribution in [0.1, 0.15) is 31.5 Å². The zero-order valence-corrected chi connectivity index (χ0v) is 8.61. The van der Waals surface area contributed by atoms with Gasteiger partial charge in [-0.1, -0.05) is 20.8 Å². The van der Waals surface area contributed by atoms with Crippen LogP contribution in [0.3, 0.4) is 0 Å². The predicted octanol–water partition coefficient (Wildman–Crippen LogP) is 2.22. The van der Waals surface area contributed by atoms with Crippen molar-refractivity contribution in [1.29, 1.82) is 0 Å². The Morgan fingerprint density at radius 1 is 1.50 bits per heavy atom. The predicted molar refractivity (Wildman–Crippen MR) is 51.2 cm³/mol. The Morgan fingerprint density at radius 2 is 2.17 bits per heavy atom. The van der Waals surface area contributed by atoms with Crippen LogP contribution in [-0.2, 0) is 13.0 Å². The van der Waals surface area contributed by atoms with Crippen LogP contribution >= 0.6 is 11.3 Å². The van der Waals surface area contributed by atoms with Crippen molar-refractivity contribution >= 4 is 11.3 Å². The quantitative estimate of drug-likeness (QED) is 0.766. The minimum Gasteiger partial charge on any atom is -0.389 e. The molecule has 0 saturated heterocycles. The maximum atomic E-state index is 8.80. The summed E-state index contributed by atoms with van der Waals surface area (Å²) in [5.74, 6) is 0. The number of aliphatic hydroxyl groups is 1. The van der Waals surface area contributed by atoms with E-state index in [4.69, 9.17) is 5.11 Å². The van der Waals surface area contributed by atoms with E-state index in [1.165, 1.54) is 11.3 Å². The second-order valence-corrected chi connectivity index (χ2v) is 5.07. The lowest BCUT2D eigenvalue weighted by atomic mass is 9.91. The Bertz CT molecular complexity index is 249. The first-order valence-electron chi connectivity index (χ1n) is 4.05. The molecule has 1 N–H and O–H groups in total. The number of rotatable bonds is 2. The van der Waals surface area contributed by atoms with Crippen LogP contribution in [0, 0.1) is 5.41 Å². The molecule has 0 spiro atoms. The molecule has 1 aromatic rings. The lowest BCUT2D eigenvalue weighted by molar-refractivity contribution is 0.280. The second-order valence-electron chi connectivity index (χ2n) is 4.13. The highest BCUT2D eigenvalue weighted by atomic mass is 32.1. The van der Waals surface area contributed by atoms with Crippen LogP contribution in [-0.4, -0.2) is 10.1 Å². The van der Waals surface area contributed by atoms with Crippen LogP contribution in [0.4, 0.5) is 0 Å². The van der Waals surface area contributed by atoms with Crippen molar-refractivity contribution in [2.45, 2.75) is 33.8 Å². The lowest BCUT2D eigenvalue weighted by Gasteiger charge is -2.15. The summed E-state index contributed by atoms with van der Waals surface area (Å²) in [6, 6.07) is 0. The molecule has 0 atom stereocenters. The van der Waals surface area contributed by atoms with Gasteiger partial charge < -0.3 is 5.11 Å². The number of aliphatic hydroxyl groups excluding tert-OH is 1. The first kappa shape index (κ1) is 9.68. The highest BCUT2D eigenvalue weighted by Crippen LogP contribution is 2.21. The standard InChI is InChI=1S/C9H15NOS/c1-9(2,3)4-7-6-12-8(5-11)10-7/h6,11H,4-5H2,1-3H3. The molecule has 0 unspecified atom stereocenters. The van der Waals surface area contributed by atoms with Crippen molar-refractivity contribution in [3.63, 3.8) is 0 Å². The summed E-state index contributed by atoms with van der Waals surface area (Å²) in [6.07, 6.45) is 0.976. The maximum absolute atomic E-state index is 8.80. The van der Waals surface area contributed by atoms with Crippen molar-refractivity contribution in [2.24, 2.45) is 5.41 Å². The molecule has 0 aromatic carbocycles. The summed E-state index contributed by atoms with van der Waals surface area (Å²) >= 11 is 1.53. The minimum atomic E-state index is 0.0643. The summed E-state index contributed by atoms with van der Waals surface area (Å²) in [5, 5.41) is 11.6. The van der Waals surface area contributed by atoms with Gasteiger partial charge in [-0.3, -0.25) is 0 Å². The van der Waals surface area contributed by atoms with Crippen molar-refractivity contribution in [1.82, 2.24) is 4.98 Å². The molecule has 2 nitrogen and oxygen atoms in total. The Labute approximate surface area is 77.3 Å². The second kappa shape index (κ2) is 3.54. The van der Waals surface area contributed by atoms with Crippen molar-refractivity contribution in [2.75, 3.05) is 0 Å². The third-order valence-electron chi connectivity index (χ3n) is 1.45. The van der Waals surface area contributed by atoms with E-state index in [9.17, 15) is 0 Å². The van der Waals surface area contributed by atoms with E-state index in [0.717, 1.165) is 17.1 Å². The Hall–Kier alpha value is -0.410. The fourth-order valence-electron chi connectivity index (χ4n) is 1.05. The van der Waals surface area contributed by atoms with E-state index >= 15 is 0 Å². The average Bonchev–Trinajstić information content (AvgIpc) is 2.32. The number of thiazole rings is 1. The number of aromatic nitrogens is 1. The van der Waals surface area contributed by atoms with Crippen LogP contribution in [0.25, 0.3) is 0 Å². The van der Waals surface area contributed by atoms with Crippen molar-refractivity contribution < 1.29 is 5.11 Å². The molecular weight excluding hydrogens is 170 g/mol. The van der Waals surface area contributed by atoms with Gasteiger partial charge in [-0.15, -0.1) is 11.3 Å². The summed E-state index contributed by atoms with van der Waals surface area (Å²) in [6.45, 7) is 6.62. The highest BCUT2D eigenvalue weighted by Gasteiger charge is 2.13. The van der Waals surface area contributed by atoms with Crippen LogP contribution in [0.15, 0.2) is 5.38 Å². The van der Waals surface area contributed by atoms with Gasteiger partial charge in [0.1, 0.15) is 5.01 Å². The molecule has 12 heavy (non-hydrogen) atoms. The topological polar surface area (TPSA) is 33.1 Å². The molecule has 3 heteroatoms. The van der Waals surface area contributed by atoms with E-state index in [-0.39, 0.29) is 12.0 Å². The average molecular weight is 185 g/mol. The van der Waals surface area contributed by atoms with E-state index in [2.05, 4.69) is 25.8 Å². The normalized spacial score (nSPS) is 12.0. The van der Waals surface area contributed by atoms with E-state index in [0.29, 0.717) is 0 Å². The Balaban J connectivity index is 2.64. The van der Waals surface area contributed by atoms with Gasteiger partial charge in [-0.2, -0.15) is 0 Å². The molecule has 1 aromatic heterocycles. The van der Waals surface area contributed by atoms with Gasteiger partial charge in [0.2, 0.25) is 0 Å². The lowest BCUT2D eigenvalue weighted by Crippen LogP contribution is -2.09. The molecule has 0 radical (unpaired) electrons. The maximum Gasteiger partial charge on any atom is 0.118 e. The SMILES string of the molecule is CC(C)(C)Cc1csc(CO)n1. The van der Waals surface area contributed by atoms with Crippen LogP contribution in [0.5, 0.6) is 0 Å². The molecule has 0 saturated carbocycles. The van der Waals surface area contributed by atoms with Gasteiger partial charge >= 0.3 is 0 Å². The Kier molecular flexibility index (Phi) is 2.85. The molecule has 0 bridgehead atoms. The summed E-state index contributed by atoms with van der Waals surface area (Å²) in [7, 11) is 0. The summed E-state index contributed by atoms with van der Waals surface area (Å²) in [5.41, 5.74) is 1.37. The van der Waals surface area contributed by atoms with Gasteiger partial charge in [0, 0.05) is 5.38 Å². The molecule has 0 amide bonds. The van der Waals surface area contributed by atoms with E-state index in [1.807, 2.05) is 5.38 Å². The first-order valence-corrected chi connectivity index (χ1v) is 4.93. The van der Waals surface area contributed by atoms with Crippen molar-refractivity contribution in [3.05, 3.63) is 16.1 Å². The first-order chi connectivity index (χ1) is 5.51. The van der Waals surface area contributed by atoms with Crippen LogP contribution in [0.2, 0.25) is 0 Å². The van der Waals surface area contributed by atoms with Gasteiger partial charge in [-0.25, -0.2) is 4.98 Å². The zero-order chi connectivity index (χ0) is 9.19. The minimum absolute atomic E-state index is 0.0643. The van der Waals surface area contributed by atoms with E-state index < -0.39 is 0 Å². The molecule has 0 fully saturated rings. The zero-order valence-electron chi connectivity index (χ0n) is 7.79. The smallest absolute Gasteiger partial charge is 0.118 e. The molecule has 0 aliphatic heterocycles. The van der Waals surface area contributed by atoms with Gasteiger partial charge in [0.15, 0.2) is 0 Å². The monoisotopic (exact) mass is 185 g/mol. The molecule has 68 valence electrons. The molecule has 0 aliphatic rings. The Morgan fingerprint density at radius 3 is 2.58 bits per heavy atom.